The average Bonchev–Trinajstić information content (AvgIpc) is 3.47. The van der Waals surface area contributed by atoms with E-state index in [1.165, 1.54) is 366 Å². The van der Waals surface area contributed by atoms with Gasteiger partial charge in [-0.3, -0.25) is 9.59 Å². The van der Waals surface area contributed by atoms with Crippen LogP contribution in [0, 0.1) is 0 Å². The number of hydrogen-bond donors (Lipinski definition) is 3. The third kappa shape index (κ3) is 67.6. The molecule has 2 atom stereocenters. The molecule has 1 amide bonds. The number of ether oxygens (including phenoxy) is 1. The molecule has 0 saturated heterocycles. The second-order valence-corrected chi connectivity index (χ2v) is 26.0. The Morgan fingerprint density at radius 3 is 0.840 bits per heavy atom. The Hall–Kier alpha value is -1.40. The van der Waals surface area contributed by atoms with E-state index in [4.69, 9.17) is 4.74 Å². The number of aliphatic hydroxyl groups is 2. The third-order valence-electron chi connectivity index (χ3n) is 17.8. The molecule has 0 rings (SSSR count). The molecule has 0 aromatic carbocycles. The van der Waals surface area contributed by atoms with Crippen molar-refractivity contribution in [2.24, 2.45) is 0 Å². The number of allylic oxidation sites excluding steroid dienone is 1. The van der Waals surface area contributed by atoms with Crippen molar-refractivity contribution in [3.8, 4) is 0 Å². The number of carbonyl (C=O) groups excluding carboxylic acids is 2. The first kappa shape index (κ1) is 79.6. The fourth-order valence-corrected chi connectivity index (χ4v) is 12.1. The summed E-state index contributed by atoms with van der Waals surface area (Å²) in [7, 11) is 0. The lowest BCUT2D eigenvalue weighted by molar-refractivity contribution is -0.143. The third-order valence-corrected chi connectivity index (χ3v) is 17.8. The Kier molecular flexibility index (Phi) is 69.9. The zero-order chi connectivity index (χ0) is 58.5. The predicted molar refractivity (Wildman–Crippen MR) is 357 cm³/mol. The van der Waals surface area contributed by atoms with Gasteiger partial charge in [-0.15, -0.1) is 0 Å². The quantitative estimate of drug-likeness (QED) is 0.0320. The summed E-state index contributed by atoms with van der Waals surface area (Å²) in [6, 6.07) is -0.624. The number of esters is 1. The van der Waals surface area contributed by atoms with Crippen molar-refractivity contribution in [2.75, 3.05) is 13.2 Å². The van der Waals surface area contributed by atoms with Gasteiger partial charge in [0.05, 0.1) is 25.4 Å². The fourth-order valence-electron chi connectivity index (χ4n) is 12.1. The van der Waals surface area contributed by atoms with E-state index in [-0.39, 0.29) is 18.5 Å². The van der Waals surface area contributed by atoms with Crippen LogP contribution in [-0.4, -0.2) is 47.4 Å². The molecule has 0 heterocycles. The van der Waals surface area contributed by atoms with Gasteiger partial charge in [-0.25, -0.2) is 0 Å². The van der Waals surface area contributed by atoms with Gasteiger partial charge in [0, 0.05) is 12.8 Å². The number of carbonyl (C=O) groups is 2. The van der Waals surface area contributed by atoms with Gasteiger partial charge in [-0.1, -0.05) is 398 Å². The van der Waals surface area contributed by atoms with Gasteiger partial charge in [0.25, 0.3) is 0 Å². The number of amides is 1. The number of unbranched alkanes of at least 4 members (excludes halogenated alkanes) is 60. The van der Waals surface area contributed by atoms with Crippen molar-refractivity contribution >= 4 is 11.9 Å². The highest BCUT2D eigenvalue weighted by Crippen LogP contribution is 2.20. The molecule has 6 heteroatoms. The van der Waals surface area contributed by atoms with E-state index < -0.39 is 12.1 Å². The van der Waals surface area contributed by atoms with E-state index in [1.54, 1.807) is 6.08 Å². The van der Waals surface area contributed by atoms with Crippen molar-refractivity contribution in [3.63, 3.8) is 0 Å². The summed E-state index contributed by atoms with van der Waals surface area (Å²) < 4.78 is 5.51. The number of rotatable bonds is 71. The van der Waals surface area contributed by atoms with E-state index in [9.17, 15) is 19.8 Å². The molecule has 2 unspecified atom stereocenters. The average molecular weight is 1140 g/mol. The smallest absolute Gasteiger partial charge is 0.305 e. The maximum absolute atomic E-state index is 12.5. The summed E-state index contributed by atoms with van der Waals surface area (Å²) in [5, 5.41) is 23.2. The maximum Gasteiger partial charge on any atom is 0.305 e. The van der Waals surface area contributed by atoms with Crippen molar-refractivity contribution in [1.82, 2.24) is 5.32 Å². The van der Waals surface area contributed by atoms with E-state index in [0.29, 0.717) is 19.4 Å². The molecule has 81 heavy (non-hydrogen) atoms. The van der Waals surface area contributed by atoms with E-state index in [1.807, 2.05) is 6.08 Å². The lowest BCUT2D eigenvalue weighted by atomic mass is 10.0. The zero-order valence-electron chi connectivity index (χ0n) is 55.3. The Morgan fingerprint density at radius 2 is 0.568 bits per heavy atom. The van der Waals surface area contributed by atoms with Gasteiger partial charge in [0.15, 0.2) is 0 Å². The van der Waals surface area contributed by atoms with Crippen LogP contribution < -0.4 is 5.32 Å². The second-order valence-electron chi connectivity index (χ2n) is 26.0. The lowest BCUT2D eigenvalue weighted by Gasteiger charge is -2.20. The summed E-state index contributed by atoms with van der Waals surface area (Å²) in [6.45, 7) is 4.96. The van der Waals surface area contributed by atoms with Crippen LogP contribution in [0.2, 0.25) is 0 Å². The molecule has 0 aliphatic rings. The molecule has 482 valence electrons. The topological polar surface area (TPSA) is 95.9 Å². The number of nitrogens with one attached hydrogen (secondary N) is 1. The Labute approximate surface area is 508 Å². The molecule has 0 aliphatic heterocycles. The molecular weight excluding hydrogens is 995 g/mol. The minimum atomic E-state index is -0.841. The summed E-state index contributed by atoms with van der Waals surface area (Å²) in [4.78, 5) is 24.6. The molecule has 0 spiro atoms. The predicted octanol–water partition coefficient (Wildman–Crippen LogP) is 24.3. The monoisotopic (exact) mass is 1140 g/mol. The van der Waals surface area contributed by atoms with Gasteiger partial charge in [0.2, 0.25) is 5.91 Å². The molecule has 3 N–H and O–H groups in total. The highest BCUT2D eigenvalue weighted by molar-refractivity contribution is 5.76. The van der Waals surface area contributed by atoms with E-state index >= 15 is 0 Å². The standard InChI is InChI=1S/C75H147NO5/c1-3-5-7-9-11-13-15-17-19-20-36-40-43-47-51-55-59-63-67-73(78)72(71-77)76-74(79)68-64-60-56-52-48-44-41-37-34-32-30-28-26-24-22-21-23-25-27-29-31-33-35-38-42-46-50-54-58-62-66-70-81-75(80)69-65-61-57-53-49-45-39-18-16-14-12-10-8-6-4-2/h63,67,72-73,77-78H,3-62,64-66,68-71H2,1-2H3,(H,76,79)/b67-63+. The first-order chi connectivity index (χ1) is 40.0. The SMILES string of the molecule is CCCCCCCCCCCCCCCCCC/C=C/C(O)C(CO)NC(=O)CCCCCCCCCCCCCCCCCCCCCCCCCCCCCCCCCOC(=O)CCCCCCCCCCCCCCCCC. The lowest BCUT2D eigenvalue weighted by Crippen LogP contribution is -2.45. The van der Waals surface area contributed by atoms with Gasteiger partial charge >= 0.3 is 5.97 Å². The molecule has 6 nitrogen and oxygen atoms in total. The van der Waals surface area contributed by atoms with Crippen LogP contribution in [0.3, 0.4) is 0 Å². The van der Waals surface area contributed by atoms with Crippen molar-refractivity contribution in [2.45, 2.75) is 443 Å². The molecular formula is C75H147NO5. The van der Waals surface area contributed by atoms with Gasteiger partial charge < -0.3 is 20.3 Å². The van der Waals surface area contributed by atoms with Crippen molar-refractivity contribution < 1.29 is 24.5 Å². The first-order valence-corrected chi connectivity index (χ1v) is 37.5. The largest absolute Gasteiger partial charge is 0.466 e. The maximum atomic E-state index is 12.5. The molecule has 0 aromatic heterocycles. The Bertz CT molecular complexity index is 1220. The molecule has 0 aliphatic carbocycles. The highest BCUT2D eigenvalue weighted by atomic mass is 16.5. The second kappa shape index (κ2) is 71.1. The minimum Gasteiger partial charge on any atom is -0.466 e. The van der Waals surface area contributed by atoms with E-state index in [2.05, 4.69) is 19.2 Å². The minimum absolute atomic E-state index is 0.0244. The van der Waals surface area contributed by atoms with Crippen LogP contribution in [0.15, 0.2) is 12.2 Å². The zero-order valence-corrected chi connectivity index (χ0v) is 55.3. The first-order valence-electron chi connectivity index (χ1n) is 37.5. The Balaban J connectivity index is 3.33. The molecule has 0 radical (unpaired) electrons. The summed E-state index contributed by atoms with van der Waals surface area (Å²) in [6.07, 6.45) is 88.9. The molecule has 0 aromatic rings. The van der Waals surface area contributed by atoms with E-state index in [0.717, 1.165) is 38.5 Å². The van der Waals surface area contributed by atoms with Gasteiger partial charge in [-0.2, -0.15) is 0 Å². The number of hydrogen-bond acceptors (Lipinski definition) is 5. The van der Waals surface area contributed by atoms with Crippen LogP contribution >= 0.6 is 0 Å². The Morgan fingerprint density at radius 1 is 0.333 bits per heavy atom. The summed E-state index contributed by atoms with van der Waals surface area (Å²) in [5.41, 5.74) is 0. The van der Waals surface area contributed by atoms with Crippen LogP contribution in [0.1, 0.15) is 431 Å². The summed E-state index contributed by atoms with van der Waals surface area (Å²) >= 11 is 0. The van der Waals surface area contributed by atoms with Crippen LogP contribution in [0.25, 0.3) is 0 Å². The van der Waals surface area contributed by atoms with Crippen LogP contribution in [0.5, 0.6) is 0 Å². The summed E-state index contributed by atoms with van der Waals surface area (Å²) in [5.74, 6) is -0.0351. The highest BCUT2D eigenvalue weighted by Gasteiger charge is 2.18. The molecule has 0 saturated carbocycles. The van der Waals surface area contributed by atoms with Crippen molar-refractivity contribution in [1.29, 1.82) is 0 Å². The van der Waals surface area contributed by atoms with Gasteiger partial charge in [-0.05, 0) is 32.1 Å². The van der Waals surface area contributed by atoms with Crippen LogP contribution in [0.4, 0.5) is 0 Å². The number of aliphatic hydroxyl groups excluding tert-OH is 2. The van der Waals surface area contributed by atoms with Gasteiger partial charge in [0.1, 0.15) is 0 Å². The fraction of sp³-hybridized carbons (Fsp3) is 0.947. The molecule has 0 bridgehead atoms. The molecule has 0 fully saturated rings. The normalized spacial score (nSPS) is 12.5. The van der Waals surface area contributed by atoms with Crippen molar-refractivity contribution in [3.05, 3.63) is 12.2 Å². The van der Waals surface area contributed by atoms with Crippen LogP contribution in [-0.2, 0) is 14.3 Å².